The summed E-state index contributed by atoms with van der Waals surface area (Å²) < 4.78 is 10.9. The highest BCUT2D eigenvalue weighted by molar-refractivity contribution is 5.98. The Morgan fingerprint density at radius 3 is 2.40 bits per heavy atom. The Labute approximate surface area is 145 Å². The summed E-state index contributed by atoms with van der Waals surface area (Å²) in [5.41, 5.74) is -0.652. The highest BCUT2D eigenvalue weighted by Gasteiger charge is 2.40. The maximum Gasteiger partial charge on any atom is 0.334 e. The van der Waals surface area contributed by atoms with Crippen LogP contribution in [0.15, 0.2) is 48.5 Å². The largest absolute Gasteiger partial charge is 0.486 e. The number of benzene rings is 2. The van der Waals surface area contributed by atoms with Gasteiger partial charge in [0.25, 0.3) is 5.91 Å². The molecule has 6 nitrogen and oxygen atoms in total. The van der Waals surface area contributed by atoms with Crippen LogP contribution < -0.4 is 14.8 Å². The third kappa shape index (κ3) is 3.15. The van der Waals surface area contributed by atoms with Gasteiger partial charge in [-0.3, -0.25) is 4.79 Å². The van der Waals surface area contributed by atoms with E-state index in [1.54, 1.807) is 55.5 Å². The minimum absolute atomic E-state index is 0.211. The van der Waals surface area contributed by atoms with Crippen LogP contribution in [0, 0.1) is 0 Å². The predicted octanol–water partition coefficient (Wildman–Crippen LogP) is 2.58. The highest BCUT2D eigenvalue weighted by Crippen LogP contribution is 2.32. The second kappa shape index (κ2) is 6.84. The highest BCUT2D eigenvalue weighted by atomic mass is 16.6. The third-order valence-electron chi connectivity index (χ3n) is 4.29. The molecule has 1 aliphatic heterocycles. The summed E-state index contributed by atoms with van der Waals surface area (Å²) >= 11 is 0. The van der Waals surface area contributed by atoms with Crippen LogP contribution in [0.2, 0.25) is 0 Å². The van der Waals surface area contributed by atoms with Gasteiger partial charge in [0, 0.05) is 5.56 Å². The number of carboxylic acids is 1. The smallest absolute Gasteiger partial charge is 0.334 e. The number of ether oxygens (including phenoxy) is 2. The molecule has 2 aromatic carbocycles. The van der Waals surface area contributed by atoms with Gasteiger partial charge in [-0.25, -0.2) is 4.79 Å². The molecule has 130 valence electrons. The quantitative estimate of drug-likeness (QED) is 0.873. The molecule has 0 saturated heterocycles. The van der Waals surface area contributed by atoms with E-state index >= 15 is 0 Å². The van der Waals surface area contributed by atoms with Gasteiger partial charge in [0.2, 0.25) is 0 Å². The summed E-state index contributed by atoms with van der Waals surface area (Å²) in [4.78, 5) is 24.7. The molecular formula is C19H19NO5. The lowest BCUT2D eigenvalue weighted by atomic mass is 9.87. The summed E-state index contributed by atoms with van der Waals surface area (Å²) in [5, 5.41) is 12.5. The minimum Gasteiger partial charge on any atom is -0.486 e. The standard InChI is InChI=1S/C19H19NO5/c1-2-19(18(22)23,14-6-4-3-5-7-14)20-17(21)13-8-9-15-16(12-13)25-11-10-24-15/h3-9,12H,2,10-11H2,1H3,(H,20,21)(H,22,23). The van der Waals surface area contributed by atoms with E-state index in [2.05, 4.69) is 5.32 Å². The molecule has 0 bridgehead atoms. The lowest BCUT2D eigenvalue weighted by Crippen LogP contribution is -2.51. The number of carbonyl (C=O) groups excluding carboxylic acids is 1. The van der Waals surface area contributed by atoms with Gasteiger partial charge in [-0.2, -0.15) is 0 Å². The lowest BCUT2D eigenvalue weighted by Gasteiger charge is -2.30. The Morgan fingerprint density at radius 2 is 1.76 bits per heavy atom. The van der Waals surface area contributed by atoms with E-state index < -0.39 is 17.4 Å². The Bertz CT molecular complexity index is 790. The second-order valence-electron chi connectivity index (χ2n) is 5.74. The summed E-state index contributed by atoms with van der Waals surface area (Å²) in [5.74, 6) is -0.529. The summed E-state index contributed by atoms with van der Waals surface area (Å²) in [6.07, 6.45) is 0.211. The molecule has 0 radical (unpaired) electrons. The number of carbonyl (C=O) groups is 2. The molecule has 1 atom stereocenters. The topological polar surface area (TPSA) is 84.9 Å². The Morgan fingerprint density at radius 1 is 1.08 bits per heavy atom. The van der Waals surface area contributed by atoms with Crippen molar-refractivity contribution in [2.75, 3.05) is 13.2 Å². The Kier molecular flexibility index (Phi) is 4.61. The van der Waals surface area contributed by atoms with E-state index in [-0.39, 0.29) is 6.42 Å². The van der Waals surface area contributed by atoms with E-state index in [0.29, 0.717) is 35.8 Å². The number of hydrogen-bond donors (Lipinski definition) is 2. The van der Waals surface area contributed by atoms with Crippen LogP contribution in [0.3, 0.4) is 0 Å². The molecule has 0 spiro atoms. The van der Waals surface area contributed by atoms with Crippen LogP contribution in [0.25, 0.3) is 0 Å². The van der Waals surface area contributed by atoms with Crippen molar-refractivity contribution in [3.8, 4) is 11.5 Å². The molecule has 2 aromatic rings. The van der Waals surface area contributed by atoms with E-state index in [0.717, 1.165) is 0 Å². The summed E-state index contributed by atoms with van der Waals surface area (Å²) in [6.45, 7) is 2.60. The lowest BCUT2D eigenvalue weighted by molar-refractivity contribution is -0.145. The summed E-state index contributed by atoms with van der Waals surface area (Å²) in [7, 11) is 0. The molecule has 3 rings (SSSR count). The number of amides is 1. The SMILES string of the molecule is CCC(NC(=O)c1ccc2c(c1)OCCO2)(C(=O)O)c1ccccc1. The molecule has 1 amide bonds. The number of rotatable bonds is 5. The molecule has 0 aliphatic carbocycles. The first-order valence-corrected chi connectivity index (χ1v) is 8.08. The normalized spacial score (nSPS) is 15.1. The van der Waals surface area contributed by atoms with Crippen LogP contribution in [0.5, 0.6) is 11.5 Å². The monoisotopic (exact) mass is 341 g/mol. The van der Waals surface area contributed by atoms with Gasteiger partial charge < -0.3 is 19.9 Å². The molecule has 0 aromatic heterocycles. The number of nitrogens with one attached hydrogen (secondary N) is 1. The maximum absolute atomic E-state index is 12.7. The van der Waals surface area contributed by atoms with Crippen LogP contribution in [0.4, 0.5) is 0 Å². The van der Waals surface area contributed by atoms with Gasteiger partial charge in [-0.15, -0.1) is 0 Å². The number of fused-ring (bicyclic) bond motifs is 1. The van der Waals surface area contributed by atoms with Crippen molar-refractivity contribution >= 4 is 11.9 Å². The predicted molar refractivity (Wildman–Crippen MR) is 90.9 cm³/mol. The Balaban J connectivity index is 1.92. The van der Waals surface area contributed by atoms with E-state index in [9.17, 15) is 14.7 Å². The zero-order valence-corrected chi connectivity index (χ0v) is 13.8. The van der Waals surface area contributed by atoms with Crippen molar-refractivity contribution < 1.29 is 24.2 Å². The fourth-order valence-corrected chi connectivity index (χ4v) is 2.87. The fraction of sp³-hybridized carbons (Fsp3) is 0.263. The van der Waals surface area contributed by atoms with Crippen molar-refractivity contribution in [1.82, 2.24) is 5.32 Å². The third-order valence-corrected chi connectivity index (χ3v) is 4.29. The fourth-order valence-electron chi connectivity index (χ4n) is 2.87. The molecule has 25 heavy (non-hydrogen) atoms. The van der Waals surface area contributed by atoms with Crippen LogP contribution in [-0.4, -0.2) is 30.2 Å². The average Bonchev–Trinajstić information content (AvgIpc) is 2.66. The maximum atomic E-state index is 12.7. The van der Waals surface area contributed by atoms with Crippen LogP contribution in [0.1, 0.15) is 29.3 Å². The van der Waals surface area contributed by atoms with Gasteiger partial charge in [-0.1, -0.05) is 37.3 Å². The number of carboxylic acid groups (broad SMARTS) is 1. The van der Waals surface area contributed by atoms with Gasteiger partial charge in [-0.05, 0) is 30.2 Å². The molecule has 1 aliphatic rings. The van der Waals surface area contributed by atoms with E-state index in [1.165, 1.54) is 0 Å². The van der Waals surface area contributed by atoms with Crippen LogP contribution >= 0.6 is 0 Å². The van der Waals surface area contributed by atoms with Crippen molar-refractivity contribution in [3.63, 3.8) is 0 Å². The molecular weight excluding hydrogens is 322 g/mol. The van der Waals surface area contributed by atoms with Crippen LogP contribution in [-0.2, 0) is 10.3 Å². The van der Waals surface area contributed by atoms with Gasteiger partial charge in [0.15, 0.2) is 17.0 Å². The van der Waals surface area contributed by atoms with Crippen molar-refractivity contribution in [1.29, 1.82) is 0 Å². The summed E-state index contributed by atoms with van der Waals surface area (Å²) in [6, 6.07) is 13.5. The zero-order valence-electron chi connectivity index (χ0n) is 13.8. The van der Waals surface area contributed by atoms with E-state index in [1.807, 2.05) is 0 Å². The minimum atomic E-state index is -1.49. The van der Waals surface area contributed by atoms with Gasteiger partial charge in [0.1, 0.15) is 13.2 Å². The molecule has 2 N–H and O–H groups in total. The number of hydrogen-bond acceptors (Lipinski definition) is 4. The first kappa shape index (κ1) is 16.8. The molecule has 6 heteroatoms. The van der Waals surface area contributed by atoms with E-state index in [4.69, 9.17) is 9.47 Å². The molecule has 0 saturated carbocycles. The van der Waals surface area contributed by atoms with Gasteiger partial charge >= 0.3 is 5.97 Å². The Hall–Kier alpha value is -3.02. The first-order chi connectivity index (χ1) is 12.1. The molecule has 1 unspecified atom stereocenters. The first-order valence-electron chi connectivity index (χ1n) is 8.08. The second-order valence-corrected chi connectivity index (χ2v) is 5.74. The average molecular weight is 341 g/mol. The van der Waals surface area contributed by atoms with Gasteiger partial charge in [0.05, 0.1) is 0 Å². The molecule has 1 heterocycles. The molecule has 0 fully saturated rings. The van der Waals surface area contributed by atoms with Crippen molar-refractivity contribution in [2.24, 2.45) is 0 Å². The number of aliphatic carboxylic acids is 1. The van der Waals surface area contributed by atoms with Crippen molar-refractivity contribution in [3.05, 3.63) is 59.7 Å². The van der Waals surface area contributed by atoms with Crippen molar-refractivity contribution in [2.45, 2.75) is 18.9 Å². The zero-order chi connectivity index (χ0) is 17.9.